The maximum absolute atomic E-state index is 16.3. The molecule has 0 saturated carbocycles. The van der Waals surface area contributed by atoms with Crippen molar-refractivity contribution in [2.75, 3.05) is 43.4 Å². The van der Waals surface area contributed by atoms with Crippen molar-refractivity contribution in [3.63, 3.8) is 0 Å². The van der Waals surface area contributed by atoms with Gasteiger partial charge in [-0.2, -0.15) is 9.97 Å². The summed E-state index contributed by atoms with van der Waals surface area (Å²) in [6.45, 7) is 2.52. The monoisotopic (exact) mass is 594 g/mol. The molecule has 3 N–H and O–H groups in total. The number of alkyl halides is 1. The first-order chi connectivity index (χ1) is 19.6. The summed E-state index contributed by atoms with van der Waals surface area (Å²) in [5, 5.41) is 3.25. The predicted octanol–water partition coefficient (Wildman–Crippen LogP) is 4.98. The Bertz CT molecular complexity index is 1520. The van der Waals surface area contributed by atoms with E-state index < -0.39 is 56.8 Å². The Kier molecular flexibility index (Phi) is 6.44. The molecule has 4 saturated heterocycles. The highest BCUT2D eigenvalue weighted by atomic mass is 35.5. The fraction of sp³-hybridized carbons (Fsp3) is 0.500. The molecule has 7 nitrogen and oxygen atoms in total. The Labute approximate surface area is 237 Å². The van der Waals surface area contributed by atoms with Crippen LogP contribution in [0.5, 0.6) is 6.01 Å². The van der Waals surface area contributed by atoms with E-state index in [9.17, 15) is 17.6 Å². The summed E-state index contributed by atoms with van der Waals surface area (Å²) in [6.07, 6.45) is 3.08. The van der Waals surface area contributed by atoms with E-state index in [1.807, 2.05) is 4.90 Å². The van der Waals surface area contributed by atoms with Crippen LogP contribution in [0.3, 0.4) is 0 Å². The molecule has 0 amide bonds. The van der Waals surface area contributed by atoms with Crippen molar-refractivity contribution in [3.8, 4) is 17.1 Å². The molecule has 4 atom stereocenters. The van der Waals surface area contributed by atoms with Crippen LogP contribution in [0.4, 0.5) is 33.5 Å². The predicted molar refractivity (Wildman–Crippen MR) is 145 cm³/mol. The summed E-state index contributed by atoms with van der Waals surface area (Å²) in [5.41, 5.74) is 2.92. The molecule has 4 aliphatic rings. The summed E-state index contributed by atoms with van der Waals surface area (Å²) in [7, 11) is 0. The number of fused-ring (bicyclic) bond motifs is 4. The van der Waals surface area contributed by atoms with Crippen molar-refractivity contribution in [2.24, 2.45) is 0 Å². The molecule has 218 valence electrons. The Morgan fingerprint density at radius 3 is 2.54 bits per heavy atom. The third-order valence-corrected chi connectivity index (χ3v) is 9.47. The van der Waals surface area contributed by atoms with Crippen LogP contribution in [0.1, 0.15) is 32.1 Å². The number of nitrogens with one attached hydrogen (secondary N) is 1. The van der Waals surface area contributed by atoms with E-state index >= 15 is 4.39 Å². The summed E-state index contributed by atoms with van der Waals surface area (Å²) in [6, 6.07) is 3.13. The normalized spacial score (nSPS) is 27.7. The van der Waals surface area contributed by atoms with Gasteiger partial charge in [-0.05, 0) is 38.3 Å². The minimum Gasteiger partial charge on any atom is -0.461 e. The summed E-state index contributed by atoms with van der Waals surface area (Å²) >= 11 is 6.10. The third-order valence-electron chi connectivity index (χ3n) is 9.08. The highest BCUT2D eigenvalue weighted by Gasteiger charge is 2.49. The van der Waals surface area contributed by atoms with Crippen LogP contribution in [-0.4, -0.2) is 71.4 Å². The van der Waals surface area contributed by atoms with Gasteiger partial charge in [-0.3, -0.25) is 4.90 Å². The number of hydrogen-bond donors (Lipinski definition) is 2. The number of anilines is 2. The first-order valence-corrected chi connectivity index (χ1v) is 14.2. The van der Waals surface area contributed by atoms with Gasteiger partial charge in [0.25, 0.3) is 0 Å². The molecule has 0 radical (unpaired) electrons. The van der Waals surface area contributed by atoms with E-state index in [2.05, 4.69) is 20.2 Å². The van der Waals surface area contributed by atoms with Crippen LogP contribution in [0, 0.1) is 23.3 Å². The highest BCUT2D eigenvalue weighted by molar-refractivity contribution is 6.36. The molecule has 2 aromatic carbocycles. The van der Waals surface area contributed by atoms with Crippen LogP contribution in [0.2, 0.25) is 5.02 Å². The number of nitrogens with zero attached hydrogens (tertiary/aromatic N) is 4. The topological polar surface area (TPSA) is 79.5 Å². The van der Waals surface area contributed by atoms with Crippen LogP contribution in [-0.2, 0) is 0 Å². The average molecular weight is 595 g/mol. The zero-order valence-corrected chi connectivity index (χ0v) is 22.8. The van der Waals surface area contributed by atoms with Gasteiger partial charge >= 0.3 is 6.01 Å². The van der Waals surface area contributed by atoms with Crippen molar-refractivity contribution in [3.05, 3.63) is 40.4 Å². The van der Waals surface area contributed by atoms with Gasteiger partial charge in [0.15, 0.2) is 23.3 Å². The summed E-state index contributed by atoms with van der Waals surface area (Å²) in [5.74, 6) is -5.72. The number of nitrogens with two attached hydrogens (primary N) is 1. The molecule has 0 aliphatic carbocycles. The van der Waals surface area contributed by atoms with Gasteiger partial charge < -0.3 is 20.7 Å². The first kappa shape index (κ1) is 26.9. The SMILES string of the molecule is Nc1c(F)c(F)c(F)c(-c2ccc3c(N4C[C@H]5CC[C@@H](C4)N5)nc(OC[C@@]45CCCN4C[C@H](F)C5)nc3c2F)c1Cl. The lowest BCUT2D eigenvalue weighted by atomic mass is 9.95. The zero-order chi connectivity index (χ0) is 28.6. The van der Waals surface area contributed by atoms with Crippen molar-refractivity contribution in [1.29, 1.82) is 0 Å². The lowest BCUT2D eigenvalue weighted by Crippen LogP contribution is -2.51. The Balaban J connectivity index is 1.34. The second-order valence-corrected chi connectivity index (χ2v) is 12.0. The van der Waals surface area contributed by atoms with Gasteiger partial charge in [0.05, 0.1) is 16.2 Å². The Morgan fingerprint density at radius 2 is 1.78 bits per heavy atom. The largest absolute Gasteiger partial charge is 0.461 e. The van der Waals surface area contributed by atoms with Crippen molar-refractivity contribution in [2.45, 2.75) is 55.9 Å². The van der Waals surface area contributed by atoms with E-state index in [4.69, 9.17) is 22.1 Å². The second kappa shape index (κ2) is 9.81. The van der Waals surface area contributed by atoms with Crippen LogP contribution < -0.4 is 20.7 Å². The van der Waals surface area contributed by atoms with E-state index in [-0.39, 0.29) is 30.2 Å². The number of benzene rings is 2. The number of halogens is 6. The van der Waals surface area contributed by atoms with Gasteiger partial charge in [0.2, 0.25) is 0 Å². The number of ether oxygens (including phenoxy) is 1. The molecule has 2 bridgehead atoms. The standard InChI is InChI=1S/C28H28ClF5N6O/c29-19-18(21(32)22(33)23(34)24(19)35)16-4-5-17-25(20(16)31)37-27(38-26(17)39-10-14-2-3-15(11-39)36-14)41-12-28-6-1-7-40(28)9-13(30)8-28/h4-5,13-15,36H,1-3,6-12,35H2/t13-,14-,15+,28+/m1/s1. The maximum atomic E-state index is 16.3. The molecule has 4 aliphatic heterocycles. The molecular formula is C28H28ClF5N6O. The summed E-state index contributed by atoms with van der Waals surface area (Å²) in [4.78, 5) is 13.2. The van der Waals surface area contributed by atoms with E-state index in [0.29, 0.717) is 37.3 Å². The molecule has 13 heteroatoms. The molecule has 4 fully saturated rings. The quantitative estimate of drug-likeness (QED) is 0.187. The number of nitrogen functional groups attached to an aromatic ring is 1. The number of rotatable bonds is 5. The van der Waals surface area contributed by atoms with Gasteiger partial charge in [0, 0.05) is 54.7 Å². The number of hydrogen-bond acceptors (Lipinski definition) is 7. The van der Waals surface area contributed by atoms with Crippen LogP contribution >= 0.6 is 11.6 Å². The third kappa shape index (κ3) is 4.28. The fourth-order valence-electron chi connectivity index (χ4n) is 7.13. The Hall–Kier alpha value is -2.96. The minimum absolute atomic E-state index is 0.102. The maximum Gasteiger partial charge on any atom is 0.319 e. The molecule has 1 aromatic heterocycles. The first-order valence-electron chi connectivity index (χ1n) is 13.8. The van der Waals surface area contributed by atoms with Gasteiger partial charge in [-0.15, -0.1) is 0 Å². The van der Waals surface area contributed by atoms with Gasteiger partial charge in [-0.1, -0.05) is 17.7 Å². The number of aromatic nitrogens is 2. The highest BCUT2D eigenvalue weighted by Crippen LogP contribution is 2.43. The van der Waals surface area contributed by atoms with Gasteiger partial charge in [0.1, 0.15) is 24.1 Å². The van der Waals surface area contributed by atoms with Crippen LogP contribution in [0.15, 0.2) is 12.1 Å². The fourth-order valence-corrected chi connectivity index (χ4v) is 7.40. The summed E-state index contributed by atoms with van der Waals surface area (Å²) < 4.78 is 79.9. The molecule has 3 aromatic rings. The van der Waals surface area contributed by atoms with Crippen molar-refractivity contribution >= 4 is 34.0 Å². The van der Waals surface area contributed by atoms with Crippen molar-refractivity contribution in [1.82, 2.24) is 20.2 Å². The average Bonchev–Trinajstić information content (AvgIpc) is 3.61. The van der Waals surface area contributed by atoms with Crippen LogP contribution in [0.25, 0.3) is 22.0 Å². The second-order valence-electron chi connectivity index (χ2n) is 11.6. The molecule has 7 rings (SSSR count). The minimum atomic E-state index is -1.85. The zero-order valence-electron chi connectivity index (χ0n) is 22.0. The Morgan fingerprint density at radius 1 is 1.02 bits per heavy atom. The lowest BCUT2D eigenvalue weighted by Gasteiger charge is -2.34. The molecule has 0 spiro atoms. The molecule has 0 unspecified atom stereocenters. The molecule has 5 heterocycles. The van der Waals surface area contributed by atoms with Crippen molar-refractivity contribution < 1.29 is 26.7 Å². The smallest absolute Gasteiger partial charge is 0.319 e. The lowest BCUT2D eigenvalue weighted by molar-refractivity contribution is 0.107. The van der Waals surface area contributed by atoms with E-state index in [1.54, 1.807) is 0 Å². The van der Waals surface area contributed by atoms with Gasteiger partial charge in [-0.25, -0.2) is 22.0 Å². The van der Waals surface area contributed by atoms with E-state index in [0.717, 1.165) is 32.2 Å². The molecular weight excluding hydrogens is 567 g/mol. The van der Waals surface area contributed by atoms with E-state index in [1.165, 1.54) is 12.1 Å². The molecule has 41 heavy (non-hydrogen) atoms. The number of piperazine rings is 1.